The van der Waals surface area contributed by atoms with E-state index in [1.54, 1.807) is 12.0 Å². The van der Waals surface area contributed by atoms with Crippen molar-refractivity contribution in [2.24, 2.45) is 0 Å². The third-order valence-electron chi connectivity index (χ3n) is 4.42. The van der Waals surface area contributed by atoms with Crippen LogP contribution in [0.3, 0.4) is 0 Å². The summed E-state index contributed by atoms with van der Waals surface area (Å²) in [5, 5.41) is 8.89. The minimum atomic E-state index is -1.22. The number of likely N-dealkylation sites (tertiary alicyclic amines) is 1. The number of amides is 1. The van der Waals surface area contributed by atoms with Crippen molar-refractivity contribution in [3.05, 3.63) is 35.1 Å². The van der Waals surface area contributed by atoms with Crippen LogP contribution in [0.4, 0.5) is 4.39 Å². The van der Waals surface area contributed by atoms with Crippen molar-refractivity contribution < 1.29 is 23.8 Å². The van der Waals surface area contributed by atoms with E-state index in [2.05, 4.69) is 0 Å². The predicted octanol–water partition coefficient (Wildman–Crippen LogP) is 2.95. The number of aromatic carboxylic acids is 1. The molecule has 1 heterocycles. The van der Waals surface area contributed by atoms with E-state index >= 15 is 0 Å². The first-order valence-corrected chi connectivity index (χ1v) is 7.79. The van der Waals surface area contributed by atoms with Crippen LogP contribution in [0.15, 0.2) is 18.2 Å². The van der Waals surface area contributed by atoms with E-state index in [4.69, 9.17) is 9.84 Å². The summed E-state index contributed by atoms with van der Waals surface area (Å²) in [7, 11) is 1.60. The molecule has 0 aliphatic carbocycles. The molecular weight excluding hydrogens is 301 g/mol. The van der Waals surface area contributed by atoms with Gasteiger partial charge < -0.3 is 14.7 Å². The lowest BCUT2D eigenvalue weighted by molar-refractivity contribution is 0.0251. The van der Waals surface area contributed by atoms with Gasteiger partial charge in [0.25, 0.3) is 5.91 Å². The number of carboxylic acid groups (broad SMARTS) is 1. The monoisotopic (exact) mass is 323 g/mol. The fourth-order valence-electron chi connectivity index (χ4n) is 3.44. The van der Waals surface area contributed by atoms with Crippen molar-refractivity contribution in [2.45, 2.75) is 38.1 Å². The molecule has 1 aromatic carbocycles. The average molecular weight is 323 g/mol. The number of ether oxygens (including phenoxy) is 1. The van der Waals surface area contributed by atoms with Gasteiger partial charge in [-0.3, -0.25) is 4.79 Å². The molecule has 1 saturated heterocycles. The number of carbonyl (C=O) groups is 2. The summed E-state index contributed by atoms with van der Waals surface area (Å²) in [6.07, 6.45) is 3.37. The van der Waals surface area contributed by atoms with E-state index in [-0.39, 0.29) is 11.1 Å². The SMILES string of the molecule is CCCC1(COC)CCCN1C(=O)c1ccc(C(=O)O)cc1F. The quantitative estimate of drug-likeness (QED) is 0.874. The van der Waals surface area contributed by atoms with Crippen LogP contribution in [-0.4, -0.2) is 47.7 Å². The van der Waals surface area contributed by atoms with Crippen molar-refractivity contribution in [2.75, 3.05) is 20.3 Å². The first kappa shape index (κ1) is 17.4. The molecule has 1 amide bonds. The Morgan fingerprint density at radius 3 is 2.74 bits per heavy atom. The number of benzene rings is 1. The molecule has 0 saturated carbocycles. The summed E-state index contributed by atoms with van der Waals surface area (Å²) in [6.45, 7) is 3.02. The van der Waals surface area contributed by atoms with Gasteiger partial charge in [-0.25, -0.2) is 9.18 Å². The van der Waals surface area contributed by atoms with Gasteiger partial charge in [-0.05, 0) is 37.5 Å². The molecule has 0 radical (unpaired) electrons. The minimum absolute atomic E-state index is 0.0894. The maximum absolute atomic E-state index is 14.2. The van der Waals surface area contributed by atoms with Crippen LogP contribution in [0.2, 0.25) is 0 Å². The van der Waals surface area contributed by atoms with Gasteiger partial charge in [0.05, 0.1) is 23.3 Å². The van der Waals surface area contributed by atoms with Gasteiger partial charge in [0, 0.05) is 13.7 Å². The minimum Gasteiger partial charge on any atom is -0.478 e. The topological polar surface area (TPSA) is 66.8 Å². The molecule has 1 atom stereocenters. The van der Waals surface area contributed by atoms with E-state index in [1.165, 1.54) is 12.1 Å². The molecular formula is C17H22FNO4. The molecule has 6 heteroatoms. The highest BCUT2D eigenvalue weighted by molar-refractivity contribution is 5.96. The van der Waals surface area contributed by atoms with Crippen molar-refractivity contribution in [3.63, 3.8) is 0 Å². The predicted molar refractivity (Wildman–Crippen MR) is 83.1 cm³/mol. The van der Waals surface area contributed by atoms with Crippen molar-refractivity contribution in [3.8, 4) is 0 Å². The fraction of sp³-hybridized carbons (Fsp3) is 0.529. The molecule has 1 aliphatic rings. The molecule has 2 rings (SSSR count). The summed E-state index contributed by atoms with van der Waals surface area (Å²) < 4.78 is 19.5. The molecule has 1 fully saturated rings. The van der Waals surface area contributed by atoms with Gasteiger partial charge in [0.1, 0.15) is 5.82 Å². The van der Waals surface area contributed by atoms with Crippen molar-refractivity contribution in [1.82, 2.24) is 4.90 Å². The Morgan fingerprint density at radius 2 is 2.17 bits per heavy atom. The van der Waals surface area contributed by atoms with Crippen LogP contribution in [0.1, 0.15) is 53.3 Å². The summed E-state index contributed by atoms with van der Waals surface area (Å²) in [6, 6.07) is 3.40. The van der Waals surface area contributed by atoms with Crippen LogP contribution >= 0.6 is 0 Å². The fourth-order valence-corrected chi connectivity index (χ4v) is 3.44. The van der Waals surface area contributed by atoms with Gasteiger partial charge in [-0.1, -0.05) is 13.3 Å². The maximum atomic E-state index is 14.2. The summed E-state index contributed by atoms with van der Waals surface area (Å²) in [5.41, 5.74) is -0.663. The molecule has 1 unspecified atom stereocenters. The average Bonchev–Trinajstić information content (AvgIpc) is 2.90. The number of nitrogens with zero attached hydrogens (tertiary/aromatic N) is 1. The van der Waals surface area contributed by atoms with Gasteiger partial charge in [-0.2, -0.15) is 0 Å². The van der Waals surface area contributed by atoms with E-state index in [1.807, 2.05) is 6.92 Å². The number of methoxy groups -OCH3 is 1. The first-order chi connectivity index (χ1) is 10.9. The Morgan fingerprint density at radius 1 is 1.43 bits per heavy atom. The lowest BCUT2D eigenvalue weighted by Crippen LogP contribution is -2.50. The second-order valence-electron chi connectivity index (χ2n) is 5.97. The van der Waals surface area contributed by atoms with E-state index in [0.717, 1.165) is 31.7 Å². The second-order valence-corrected chi connectivity index (χ2v) is 5.97. The highest BCUT2D eigenvalue weighted by Gasteiger charge is 2.43. The summed E-state index contributed by atoms with van der Waals surface area (Å²) in [4.78, 5) is 25.4. The molecule has 126 valence electrons. The number of halogens is 1. The molecule has 0 aromatic heterocycles. The molecule has 1 aromatic rings. The molecule has 1 aliphatic heterocycles. The van der Waals surface area contributed by atoms with Crippen LogP contribution in [-0.2, 0) is 4.74 Å². The zero-order valence-electron chi connectivity index (χ0n) is 13.5. The highest BCUT2D eigenvalue weighted by atomic mass is 19.1. The van der Waals surface area contributed by atoms with Gasteiger partial charge in [0.15, 0.2) is 0 Å². The Kier molecular flexibility index (Phi) is 5.36. The first-order valence-electron chi connectivity index (χ1n) is 7.79. The maximum Gasteiger partial charge on any atom is 0.335 e. The Hall–Kier alpha value is -1.95. The van der Waals surface area contributed by atoms with Crippen LogP contribution in [0, 0.1) is 5.82 Å². The normalized spacial score (nSPS) is 20.7. The lowest BCUT2D eigenvalue weighted by Gasteiger charge is -2.38. The molecule has 0 bridgehead atoms. The largest absolute Gasteiger partial charge is 0.478 e. The standard InChI is InChI=1S/C17H22FNO4/c1-3-7-17(11-23-2)8-4-9-19(17)15(20)13-6-5-12(16(21)22)10-14(13)18/h5-6,10H,3-4,7-9,11H2,1-2H3,(H,21,22). The Balaban J connectivity index is 2.33. The van der Waals surface area contributed by atoms with E-state index in [9.17, 15) is 14.0 Å². The van der Waals surface area contributed by atoms with Gasteiger partial charge in [0.2, 0.25) is 0 Å². The molecule has 0 spiro atoms. The number of carboxylic acids is 1. The zero-order chi connectivity index (χ0) is 17.0. The smallest absolute Gasteiger partial charge is 0.335 e. The van der Waals surface area contributed by atoms with Crippen molar-refractivity contribution in [1.29, 1.82) is 0 Å². The highest BCUT2D eigenvalue weighted by Crippen LogP contribution is 2.35. The van der Waals surface area contributed by atoms with Crippen LogP contribution in [0.5, 0.6) is 0 Å². The van der Waals surface area contributed by atoms with Gasteiger partial charge >= 0.3 is 5.97 Å². The Labute approximate surface area is 135 Å². The third kappa shape index (κ3) is 3.37. The van der Waals surface area contributed by atoms with Crippen molar-refractivity contribution >= 4 is 11.9 Å². The molecule has 23 heavy (non-hydrogen) atoms. The summed E-state index contributed by atoms with van der Waals surface area (Å²) >= 11 is 0. The van der Waals surface area contributed by atoms with Crippen LogP contribution < -0.4 is 0 Å². The van der Waals surface area contributed by atoms with E-state index in [0.29, 0.717) is 13.2 Å². The van der Waals surface area contributed by atoms with Crippen LogP contribution in [0.25, 0.3) is 0 Å². The second kappa shape index (κ2) is 7.08. The molecule has 5 nitrogen and oxygen atoms in total. The number of hydrogen-bond donors (Lipinski definition) is 1. The van der Waals surface area contributed by atoms with E-state index < -0.39 is 23.2 Å². The molecule has 1 N–H and O–H groups in total. The summed E-state index contributed by atoms with van der Waals surface area (Å²) in [5.74, 6) is -2.42. The number of hydrogen-bond acceptors (Lipinski definition) is 3. The zero-order valence-corrected chi connectivity index (χ0v) is 13.5. The van der Waals surface area contributed by atoms with Gasteiger partial charge in [-0.15, -0.1) is 0 Å². The lowest BCUT2D eigenvalue weighted by atomic mass is 9.91. The number of rotatable bonds is 6. The Bertz CT molecular complexity index is 596. The number of carbonyl (C=O) groups excluding carboxylic acids is 1. The third-order valence-corrected chi connectivity index (χ3v) is 4.42.